The van der Waals surface area contributed by atoms with Gasteiger partial charge in [0.15, 0.2) is 0 Å². The third kappa shape index (κ3) is 3.12. The molecule has 0 spiro atoms. The van der Waals surface area contributed by atoms with Gasteiger partial charge in [0.2, 0.25) is 5.95 Å². The summed E-state index contributed by atoms with van der Waals surface area (Å²) in [6.45, 7) is 5.81. The summed E-state index contributed by atoms with van der Waals surface area (Å²) in [5.74, 6) is 1.62. The molecule has 0 atom stereocenters. The lowest BCUT2D eigenvalue weighted by Crippen LogP contribution is -2.29. The predicted octanol–water partition coefficient (Wildman–Crippen LogP) is 2.65. The van der Waals surface area contributed by atoms with Crippen LogP contribution in [0.4, 0.5) is 11.8 Å². The van der Waals surface area contributed by atoms with Crippen LogP contribution in [-0.2, 0) is 0 Å². The number of nitrogen functional groups attached to an aromatic ring is 1. The minimum Gasteiger partial charge on any atom is -0.368 e. The van der Waals surface area contributed by atoms with Gasteiger partial charge in [-0.3, -0.25) is 0 Å². The maximum absolute atomic E-state index is 8.79. The molecule has 100 valence electrons. The number of nitrogens with two attached hydrogens (primary N) is 1. The van der Waals surface area contributed by atoms with E-state index in [1.165, 1.54) is 0 Å². The Hall–Kier alpha value is -1.87. The van der Waals surface area contributed by atoms with Crippen LogP contribution in [0, 0.1) is 17.2 Å². The average molecular weight is 275 g/mol. The Morgan fingerprint density at radius 2 is 2.26 bits per heavy atom. The molecular formula is C13H17N5S. The highest BCUT2D eigenvalue weighted by molar-refractivity contribution is 7.16. The smallest absolute Gasteiger partial charge is 0.223 e. The largest absolute Gasteiger partial charge is 0.368 e. The molecule has 0 amide bonds. The molecule has 0 bridgehead atoms. The number of nitrogens with zero attached hydrogens (tertiary/aromatic N) is 4. The van der Waals surface area contributed by atoms with Crippen molar-refractivity contribution in [2.45, 2.75) is 20.3 Å². The first kappa shape index (κ1) is 13.6. The van der Waals surface area contributed by atoms with E-state index in [1.807, 2.05) is 11.4 Å². The molecular weight excluding hydrogens is 258 g/mol. The van der Waals surface area contributed by atoms with E-state index in [2.05, 4.69) is 34.8 Å². The van der Waals surface area contributed by atoms with Gasteiger partial charge in [-0.15, -0.1) is 11.3 Å². The number of nitriles is 1. The fraction of sp³-hybridized carbons (Fsp3) is 0.462. The number of fused-ring (bicyclic) bond motifs is 1. The molecule has 5 nitrogen and oxygen atoms in total. The van der Waals surface area contributed by atoms with Crippen LogP contribution < -0.4 is 10.6 Å². The molecule has 2 rings (SSSR count). The lowest BCUT2D eigenvalue weighted by Gasteiger charge is -2.25. The van der Waals surface area contributed by atoms with E-state index >= 15 is 0 Å². The highest BCUT2D eigenvalue weighted by Crippen LogP contribution is 2.29. The Kier molecular flexibility index (Phi) is 4.17. The summed E-state index contributed by atoms with van der Waals surface area (Å²) in [5.41, 5.74) is 5.77. The lowest BCUT2D eigenvalue weighted by atomic mass is 10.2. The molecule has 0 aliphatic carbocycles. The highest BCUT2D eigenvalue weighted by Gasteiger charge is 2.15. The van der Waals surface area contributed by atoms with Crippen molar-refractivity contribution in [2.24, 2.45) is 5.92 Å². The van der Waals surface area contributed by atoms with Crippen LogP contribution in [0.5, 0.6) is 0 Å². The summed E-state index contributed by atoms with van der Waals surface area (Å²) in [6, 6.07) is 4.19. The van der Waals surface area contributed by atoms with Gasteiger partial charge in [-0.05, 0) is 17.4 Å². The Morgan fingerprint density at radius 3 is 2.95 bits per heavy atom. The molecule has 0 aliphatic heterocycles. The SMILES string of the molecule is CC(C)CN(CCC#N)c1nc(N)nc2sccc12. The monoisotopic (exact) mass is 275 g/mol. The summed E-state index contributed by atoms with van der Waals surface area (Å²) in [4.78, 5) is 11.6. The number of thiophene rings is 1. The van der Waals surface area contributed by atoms with Crippen molar-refractivity contribution in [2.75, 3.05) is 23.7 Å². The fourth-order valence-corrected chi connectivity index (χ4v) is 2.77. The Labute approximate surface area is 116 Å². The third-order valence-electron chi connectivity index (χ3n) is 2.70. The van der Waals surface area contributed by atoms with Gasteiger partial charge < -0.3 is 10.6 Å². The predicted molar refractivity (Wildman–Crippen MR) is 79.1 cm³/mol. The van der Waals surface area contributed by atoms with E-state index in [4.69, 9.17) is 11.0 Å². The number of anilines is 2. The second-order valence-electron chi connectivity index (χ2n) is 4.79. The zero-order chi connectivity index (χ0) is 13.8. The maximum Gasteiger partial charge on any atom is 0.223 e. The second kappa shape index (κ2) is 5.85. The maximum atomic E-state index is 8.79. The van der Waals surface area contributed by atoms with Gasteiger partial charge in [-0.2, -0.15) is 10.2 Å². The van der Waals surface area contributed by atoms with Crippen LogP contribution in [0.2, 0.25) is 0 Å². The molecule has 19 heavy (non-hydrogen) atoms. The molecule has 0 aliphatic rings. The molecule has 0 fully saturated rings. The summed E-state index contributed by atoms with van der Waals surface area (Å²) in [6.07, 6.45) is 0.474. The Bertz CT molecular complexity index is 599. The Balaban J connectivity index is 2.42. The molecule has 0 radical (unpaired) electrons. The van der Waals surface area contributed by atoms with Crippen molar-refractivity contribution in [1.29, 1.82) is 5.26 Å². The standard InChI is InChI=1S/C13H17N5S/c1-9(2)8-18(6-3-5-14)11-10-4-7-19-12(10)17-13(15)16-11/h4,7,9H,3,6,8H2,1-2H3,(H2,15,16,17). The van der Waals surface area contributed by atoms with Crippen LogP contribution in [0.15, 0.2) is 11.4 Å². The molecule has 0 aromatic carbocycles. The number of hydrogen-bond acceptors (Lipinski definition) is 6. The van der Waals surface area contributed by atoms with E-state index in [0.717, 1.165) is 22.6 Å². The minimum atomic E-state index is 0.288. The normalized spacial score (nSPS) is 10.8. The first-order valence-corrected chi connectivity index (χ1v) is 7.12. The minimum absolute atomic E-state index is 0.288. The van der Waals surface area contributed by atoms with Gasteiger partial charge in [0.05, 0.1) is 17.9 Å². The quantitative estimate of drug-likeness (QED) is 0.907. The molecule has 2 aromatic heterocycles. The fourth-order valence-electron chi connectivity index (χ4n) is 2.01. The van der Waals surface area contributed by atoms with E-state index in [9.17, 15) is 0 Å². The third-order valence-corrected chi connectivity index (χ3v) is 3.51. The zero-order valence-corrected chi connectivity index (χ0v) is 11.9. The van der Waals surface area contributed by atoms with Crippen molar-refractivity contribution < 1.29 is 0 Å². The molecule has 0 unspecified atom stereocenters. The van der Waals surface area contributed by atoms with E-state index in [-0.39, 0.29) is 5.95 Å². The first-order valence-electron chi connectivity index (χ1n) is 6.24. The van der Waals surface area contributed by atoms with Gasteiger partial charge in [-0.1, -0.05) is 13.8 Å². The van der Waals surface area contributed by atoms with Crippen molar-refractivity contribution in [3.63, 3.8) is 0 Å². The topological polar surface area (TPSA) is 78.8 Å². The van der Waals surface area contributed by atoms with Gasteiger partial charge >= 0.3 is 0 Å². The summed E-state index contributed by atoms with van der Waals surface area (Å²) >= 11 is 1.55. The number of rotatable bonds is 5. The van der Waals surface area contributed by atoms with Gasteiger partial charge in [0.1, 0.15) is 10.6 Å². The molecule has 0 saturated heterocycles. The first-order chi connectivity index (χ1) is 9.11. The lowest BCUT2D eigenvalue weighted by molar-refractivity contribution is 0.609. The van der Waals surface area contributed by atoms with Crippen molar-refractivity contribution in [1.82, 2.24) is 9.97 Å². The Morgan fingerprint density at radius 1 is 1.47 bits per heavy atom. The molecule has 2 heterocycles. The van der Waals surface area contributed by atoms with Crippen LogP contribution in [0.25, 0.3) is 10.2 Å². The highest BCUT2D eigenvalue weighted by atomic mass is 32.1. The summed E-state index contributed by atoms with van der Waals surface area (Å²) in [5, 5.41) is 11.8. The second-order valence-corrected chi connectivity index (χ2v) is 5.69. The van der Waals surface area contributed by atoms with Crippen molar-refractivity contribution in [3.8, 4) is 6.07 Å². The molecule has 2 N–H and O–H groups in total. The van der Waals surface area contributed by atoms with Crippen LogP contribution in [0.1, 0.15) is 20.3 Å². The van der Waals surface area contributed by atoms with E-state index in [1.54, 1.807) is 11.3 Å². The van der Waals surface area contributed by atoms with Gasteiger partial charge in [0.25, 0.3) is 0 Å². The van der Waals surface area contributed by atoms with Crippen LogP contribution >= 0.6 is 11.3 Å². The summed E-state index contributed by atoms with van der Waals surface area (Å²) in [7, 11) is 0. The molecule has 2 aromatic rings. The number of aromatic nitrogens is 2. The van der Waals surface area contributed by atoms with E-state index < -0.39 is 0 Å². The van der Waals surface area contributed by atoms with Crippen LogP contribution in [-0.4, -0.2) is 23.1 Å². The average Bonchev–Trinajstić information content (AvgIpc) is 2.80. The van der Waals surface area contributed by atoms with Crippen molar-refractivity contribution >= 4 is 33.3 Å². The van der Waals surface area contributed by atoms with E-state index in [0.29, 0.717) is 18.9 Å². The molecule has 0 saturated carbocycles. The summed E-state index contributed by atoms with van der Waals surface area (Å²) < 4.78 is 0. The van der Waals surface area contributed by atoms with Gasteiger partial charge in [0, 0.05) is 13.1 Å². The van der Waals surface area contributed by atoms with Crippen LogP contribution in [0.3, 0.4) is 0 Å². The van der Waals surface area contributed by atoms with Gasteiger partial charge in [-0.25, -0.2) is 4.98 Å². The van der Waals surface area contributed by atoms with Crippen molar-refractivity contribution in [3.05, 3.63) is 11.4 Å². The zero-order valence-electron chi connectivity index (χ0n) is 11.1. The number of hydrogen-bond donors (Lipinski definition) is 1. The molecule has 6 heteroatoms.